The van der Waals surface area contributed by atoms with Crippen molar-refractivity contribution in [3.63, 3.8) is 0 Å². The zero-order chi connectivity index (χ0) is 19.5. The van der Waals surface area contributed by atoms with Crippen molar-refractivity contribution in [2.75, 3.05) is 7.11 Å². The maximum Gasteiger partial charge on any atom is 0.119 e. The molecule has 0 unspecified atom stereocenters. The van der Waals surface area contributed by atoms with Crippen LogP contribution in [-0.2, 0) is 0 Å². The van der Waals surface area contributed by atoms with Crippen LogP contribution >= 0.6 is 0 Å². The molecule has 138 valence electrons. The van der Waals surface area contributed by atoms with E-state index >= 15 is 0 Å². The summed E-state index contributed by atoms with van der Waals surface area (Å²) in [4.78, 5) is 4.86. The highest BCUT2D eigenvalue weighted by Gasteiger charge is 2.09. The molecular weight excluding hydrogens is 342 g/mol. The number of ether oxygens (including phenoxy) is 1. The van der Waals surface area contributed by atoms with Crippen molar-refractivity contribution >= 4 is 22.2 Å². The average Bonchev–Trinajstić information content (AvgIpc) is 2.74. The van der Waals surface area contributed by atoms with E-state index in [1.165, 1.54) is 27.5 Å². The lowest BCUT2D eigenvalue weighted by Gasteiger charge is -2.12. The van der Waals surface area contributed by atoms with Crippen molar-refractivity contribution < 1.29 is 4.74 Å². The Morgan fingerprint density at radius 2 is 1.54 bits per heavy atom. The average molecular weight is 365 g/mol. The molecule has 2 nitrogen and oxygen atoms in total. The van der Waals surface area contributed by atoms with Gasteiger partial charge in [0, 0.05) is 11.3 Å². The molecule has 0 atom stereocenters. The van der Waals surface area contributed by atoms with Crippen LogP contribution in [-0.4, -0.2) is 12.8 Å². The fraction of sp³-hybridized carbons (Fsp3) is 0.115. The highest BCUT2D eigenvalue weighted by Crippen LogP contribution is 2.29. The molecule has 4 aromatic rings. The second kappa shape index (κ2) is 7.69. The highest BCUT2D eigenvalue weighted by atomic mass is 16.5. The minimum absolute atomic E-state index is 0.837. The summed E-state index contributed by atoms with van der Waals surface area (Å²) < 4.78 is 5.24. The van der Waals surface area contributed by atoms with Crippen LogP contribution in [0.1, 0.15) is 18.1 Å². The summed E-state index contributed by atoms with van der Waals surface area (Å²) in [5.74, 6) is 0.837. The largest absolute Gasteiger partial charge is 0.497 e. The smallest absolute Gasteiger partial charge is 0.119 e. The molecule has 0 N–H and O–H groups in total. The predicted octanol–water partition coefficient (Wildman–Crippen LogP) is 6.96. The maximum absolute atomic E-state index is 5.24. The van der Waals surface area contributed by atoms with Gasteiger partial charge in [-0.15, -0.1) is 0 Å². The third-order valence-corrected chi connectivity index (χ3v) is 4.99. The molecule has 4 aromatic carbocycles. The van der Waals surface area contributed by atoms with Gasteiger partial charge in [0.1, 0.15) is 5.75 Å². The van der Waals surface area contributed by atoms with E-state index in [-0.39, 0.29) is 0 Å². The fourth-order valence-electron chi connectivity index (χ4n) is 3.48. The molecule has 0 aliphatic rings. The first-order valence-electron chi connectivity index (χ1n) is 9.43. The van der Waals surface area contributed by atoms with Gasteiger partial charge < -0.3 is 4.74 Å². The minimum Gasteiger partial charge on any atom is -0.497 e. The molecular formula is C26H23NO. The van der Waals surface area contributed by atoms with E-state index in [4.69, 9.17) is 9.73 Å². The molecule has 2 heteroatoms. The molecule has 0 saturated carbocycles. The lowest BCUT2D eigenvalue weighted by molar-refractivity contribution is 0.415. The Morgan fingerprint density at radius 1 is 0.786 bits per heavy atom. The molecule has 0 heterocycles. The monoisotopic (exact) mass is 365 g/mol. The van der Waals surface area contributed by atoms with E-state index < -0.39 is 0 Å². The lowest BCUT2D eigenvalue weighted by Crippen LogP contribution is -1.99. The second-order valence-electron chi connectivity index (χ2n) is 7.01. The van der Waals surface area contributed by atoms with Crippen molar-refractivity contribution in [3.05, 3.63) is 96.1 Å². The summed E-state index contributed by atoms with van der Waals surface area (Å²) in [5.41, 5.74) is 6.71. The van der Waals surface area contributed by atoms with Gasteiger partial charge in [-0.3, -0.25) is 4.99 Å². The summed E-state index contributed by atoms with van der Waals surface area (Å²) in [7, 11) is 1.67. The van der Waals surface area contributed by atoms with Gasteiger partial charge in [0.2, 0.25) is 0 Å². The summed E-state index contributed by atoms with van der Waals surface area (Å²) in [6.45, 7) is 4.19. The molecule has 0 radical (unpaired) electrons. The summed E-state index contributed by atoms with van der Waals surface area (Å²) in [6, 6.07) is 29.5. The Kier molecular flexibility index (Phi) is 4.94. The van der Waals surface area contributed by atoms with Crippen LogP contribution in [0, 0.1) is 6.92 Å². The van der Waals surface area contributed by atoms with E-state index in [0.717, 1.165) is 22.7 Å². The second-order valence-corrected chi connectivity index (χ2v) is 7.01. The Labute approximate surface area is 166 Å². The molecule has 0 spiro atoms. The summed E-state index contributed by atoms with van der Waals surface area (Å²) in [5, 5.41) is 2.50. The molecule has 4 rings (SSSR count). The maximum atomic E-state index is 5.24. The van der Waals surface area contributed by atoms with Gasteiger partial charge >= 0.3 is 0 Å². The first-order chi connectivity index (χ1) is 13.6. The number of hydrogen-bond acceptors (Lipinski definition) is 2. The quantitative estimate of drug-likeness (QED) is 0.358. The number of aliphatic imine (C=N–C) groups is 1. The van der Waals surface area contributed by atoms with Gasteiger partial charge in [-0.25, -0.2) is 0 Å². The van der Waals surface area contributed by atoms with Gasteiger partial charge in [-0.05, 0) is 72.1 Å². The number of aryl methyl sites for hydroxylation is 1. The number of nitrogens with zero attached hydrogens (tertiary/aromatic N) is 1. The first-order valence-corrected chi connectivity index (χ1v) is 9.43. The standard InChI is InChI=1S/C26H23NO/c1-18-8-15-25(22-10-9-20-6-4-5-7-21(20)17-22)26(16-18)19(2)27-23-11-13-24(28-3)14-12-23/h4-17H,1-3H3. The van der Waals surface area contributed by atoms with Crippen LogP contribution in [0.15, 0.2) is 89.9 Å². The molecule has 0 saturated heterocycles. The highest BCUT2D eigenvalue weighted by molar-refractivity contribution is 6.06. The Morgan fingerprint density at radius 3 is 2.29 bits per heavy atom. The fourth-order valence-corrected chi connectivity index (χ4v) is 3.48. The summed E-state index contributed by atoms with van der Waals surface area (Å²) in [6.07, 6.45) is 0. The normalized spacial score (nSPS) is 11.6. The zero-order valence-corrected chi connectivity index (χ0v) is 16.4. The van der Waals surface area contributed by atoms with Crippen LogP contribution < -0.4 is 4.74 Å². The van der Waals surface area contributed by atoms with Gasteiger partial charge in [0.05, 0.1) is 12.8 Å². The Hall–Kier alpha value is -3.39. The van der Waals surface area contributed by atoms with Crippen LogP contribution in [0.25, 0.3) is 21.9 Å². The van der Waals surface area contributed by atoms with Crippen LogP contribution in [0.3, 0.4) is 0 Å². The lowest BCUT2D eigenvalue weighted by atomic mass is 9.93. The van der Waals surface area contributed by atoms with E-state index in [9.17, 15) is 0 Å². The van der Waals surface area contributed by atoms with Crippen molar-refractivity contribution in [2.45, 2.75) is 13.8 Å². The van der Waals surface area contributed by atoms with Crippen molar-refractivity contribution in [1.82, 2.24) is 0 Å². The third-order valence-electron chi connectivity index (χ3n) is 4.99. The van der Waals surface area contributed by atoms with Gasteiger partial charge in [0.25, 0.3) is 0 Å². The predicted molar refractivity (Wildman–Crippen MR) is 119 cm³/mol. The molecule has 0 aromatic heterocycles. The Bertz CT molecular complexity index is 1160. The summed E-state index contributed by atoms with van der Waals surface area (Å²) >= 11 is 0. The molecule has 0 fully saturated rings. The van der Waals surface area contributed by atoms with E-state index in [2.05, 4.69) is 74.5 Å². The zero-order valence-electron chi connectivity index (χ0n) is 16.4. The van der Waals surface area contributed by atoms with E-state index in [1.807, 2.05) is 24.3 Å². The minimum atomic E-state index is 0.837. The molecule has 0 aliphatic carbocycles. The van der Waals surface area contributed by atoms with Gasteiger partial charge in [-0.2, -0.15) is 0 Å². The topological polar surface area (TPSA) is 21.6 Å². The molecule has 0 bridgehead atoms. The van der Waals surface area contributed by atoms with E-state index in [0.29, 0.717) is 0 Å². The number of benzene rings is 4. The van der Waals surface area contributed by atoms with Crippen LogP contribution in [0.5, 0.6) is 5.75 Å². The third kappa shape index (κ3) is 3.67. The molecule has 28 heavy (non-hydrogen) atoms. The number of methoxy groups -OCH3 is 1. The van der Waals surface area contributed by atoms with Crippen molar-refractivity contribution in [2.24, 2.45) is 4.99 Å². The van der Waals surface area contributed by atoms with Crippen molar-refractivity contribution in [1.29, 1.82) is 0 Å². The molecule has 0 aliphatic heterocycles. The van der Waals surface area contributed by atoms with Crippen molar-refractivity contribution in [3.8, 4) is 16.9 Å². The number of fused-ring (bicyclic) bond motifs is 1. The van der Waals surface area contributed by atoms with Crippen LogP contribution in [0.2, 0.25) is 0 Å². The van der Waals surface area contributed by atoms with E-state index in [1.54, 1.807) is 7.11 Å². The molecule has 0 amide bonds. The Balaban J connectivity index is 1.79. The van der Waals surface area contributed by atoms with Crippen LogP contribution in [0.4, 0.5) is 5.69 Å². The number of hydrogen-bond donors (Lipinski definition) is 0. The van der Waals surface area contributed by atoms with Gasteiger partial charge in [0.15, 0.2) is 0 Å². The van der Waals surface area contributed by atoms with Gasteiger partial charge in [-0.1, -0.05) is 54.1 Å². The first kappa shape index (κ1) is 18.0. The SMILES string of the molecule is COc1ccc(N=C(C)c2cc(C)ccc2-c2ccc3ccccc3c2)cc1. The number of rotatable bonds is 4.